The van der Waals surface area contributed by atoms with Gasteiger partial charge in [0.25, 0.3) is 0 Å². The molecule has 0 spiro atoms. The van der Waals surface area contributed by atoms with E-state index >= 15 is 0 Å². The number of hydrogen-bond donors (Lipinski definition) is 3. The zero-order chi connectivity index (χ0) is 20.5. The number of esters is 1. The molecule has 28 heavy (non-hydrogen) atoms. The van der Waals surface area contributed by atoms with Crippen LogP contribution in [0.15, 0.2) is 11.6 Å². The summed E-state index contributed by atoms with van der Waals surface area (Å²) in [6, 6.07) is 0. The largest absolute Gasteiger partial charge is 0.455 e. The molecule has 0 aliphatic carbocycles. The van der Waals surface area contributed by atoms with E-state index < -0.39 is 18.3 Å². The summed E-state index contributed by atoms with van der Waals surface area (Å²) in [7, 11) is 0. The molecule has 1 saturated heterocycles. The molecule has 0 aromatic rings. The summed E-state index contributed by atoms with van der Waals surface area (Å²) >= 11 is 0. The van der Waals surface area contributed by atoms with Crippen molar-refractivity contribution in [1.29, 1.82) is 0 Å². The third-order valence-electron chi connectivity index (χ3n) is 5.82. The Labute approximate surface area is 168 Å². The minimum atomic E-state index is -0.615. The second kappa shape index (κ2) is 11.9. The van der Waals surface area contributed by atoms with Crippen molar-refractivity contribution in [2.45, 2.75) is 121 Å². The number of aliphatic hydroxyl groups excluding tert-OH is 3. The highest BCUT2D eigenvalue weighted by Gasteiger charge is 2.34. The van der Waals surface area contributed by atoms with Gasteiger partial charge in [0.05, 0.1) is 30.5 Å². The number of carbonyl (C=O) groups is 1. The lowest BCUT2D eigenvalue weighted by molar-refractivity contribution is -0.139. The molecule has 0 aromatic carbocycles. The maximum atomic E-state index is 11.6. The highest BCUT2D eigenvalue weighted by atomic mass is 16.5. The Balaban J connectivity index is 1.59. The van der Waals surface area contributed by atoms with Crippen molar-refractivity contribution in [3.05, 3.63) is 11.6 Å². The van der Waals surface area contributed by atoms with E-state index in [1.807, 2.05) is 13.0 Å². The summed E-state index contributed by atoms with van der Waals surface area (Å²) in [5, 5.41) is 30.8. The van der Waals surface area contributed by atoms with Gasteiger partial charge in [-0.1, -0.05) is 26.2 Å². The summed E-state index contributed by atoms with van der Waals surface area (Å²) < 4.78 is 10.9. The number of ether oxygens (including phenoxy) is 2. The molecule has 6 atom stereocenters. The van der Waals surface area contributed by atoms with Gasteiger partial charge in [0, 0.05) is 5.57 Å². The lowest BCUT2D eigenvalue weighted by Crippen LogP contribution is -2.31. The van der Waals surface area contributed by atoms with Gasteiger partial charge in [-0.3, -0.25) is 0 Å². The first-order chi connectivity index (χ1) is 13.4. The van der Waals surface area contributed by atoms with Gasteiger partial charge >= 0.3 is 5.97 Å². The van der Waals surface area contributed by atoms with Crippen molar-refractivity contribution in [2.24, 2.45) is 0 Å². The molecule has 0 radical (unpaired) electrons. The molecule has 0 aromatic heterocycles. The van der Waals surface area contributed by atoms with Crippen LogP contribution in [0.1, 0.15) is 84.5 Å². The van der Waals surface area contributed by atoms with Crippen LogP contribution in [0.3, 0.4) is 0 Å². The van der Waals surface area contributed by atoms with Gasteiger partial charge in [0.15, 0.2) is 0 Å². The Kier molecular flexibility index (Phi) is 9.92. The second-order valence-corrected chi connectivity index (χ2v) is 8.35. The average molecular weight is 399 g/mol. The SMILES string of the molecule is CCCCC[C@@H](O)[C@H]1CC[C@H]([C@H](O)CC[C@H](O)CCCC2=C[C@H](C)OC2=O)O1. The molecule has 2 aliphatic rings. The fourth-order valence-corrected chi connectivity index (χ4v) is 4.08. The van der Waals surface area contributed by atoms with Gasteiger partial charge in [-0.2, -0.15) is 0 Å². The Morgan fingerprint density at radius 2 is 1.68 bits per heavy atom. The fourth-order valence-electron chi connectivity index (χ4n) is 4.08. The minimum Gasteiger partial charge on any atom is -0.455 e. The van der Waals surface area contributed by atoms with Crippen molar-refractivity contribution in [2.75, 3.05) is 0 Å². The van der Waals surface area contributed by atoms with Crippen molar-refractivity contribution < 1.29 is 29.6 Å². The van der Waals surface area contributed by atoms with E-state index in [0.717, 1.165) is 44.9 Å². The van der Waals surface area contributed by atoms with Crippen molar-refractivity contribution >= 4 is 5.97 Å². The van der Waals surface area contributed by atoms with Crippen molar-refractivity contribution in [3.63, 3.8) is 0 Å². The second-order valence-electron chi connectivity index (χ2n) is 8.35. The molecule has 2 rings (SSSR count). The van der Waals surface area contributed by atoms with Gasteiger partial charge in [-0.15, -0.1) is 0 Å². The molecule has 0 bridgehead atoms. The third kappa shape index (κ3) is 7.47. The van der Waals surface area contributed by atoms with Gasteiger partial charge in [-0.05, 0) is 64.4 Å². The van der Waals surface area contributed by atoms with E-state index in [4.69, 9.17) is 9.47 Å². The Bertz CT molecular complexity index is 505. The molecular formula is C22H38O6. The number of hydrogen-bond acceptors (Lipinski definition) is 6. The quantitative estimate of drug-likeness (QED) is 0.326. The Morgan fingerprint density at radius 3 is 2.29 bits per heavy atom. The average Bonchev–Trinajstić information content (AvgIpc) is 3.27. The smallest absolute Gasteiger partial charge is 0.334 e. The standard InChI is InChI=1S/C22H38O6/c1-3-4-5-9-18(24)20-12-13-21(28-20)19(25)11-10-17(23)8-6-7-16-14-15(2)27-22(16)26/h14-15,17-21,23-25H,3-13H2,1-2H3/t15-,17+,18+,19+,20+,21+/m0/s1. The van der Waals surface area contributed by atoms with E-state index in [9.17, 15) is 20.1 Å². The lowest BCUT2D eigenvalue weighted by Gasteiger charge is -2.22. The molecule has 6 nitrogen and oxygen atoms in total. The molecule has 2 aliphatic heterocycles. The van der Waals surface area contributed by atoms with Gasteiger partial charge < -0.3 is 24.8 Å². The van der Waals surface area contributed by atoms with E-state index in [1.165, 1.54) is 0 Å². The van der Waals surface area contributed by atoms with E-state index in [2.05, 4.69) is 6.92 Å². The molecule has 6 heteroatoms. The zero-order valence-electron chi connectivity index (χ0n) is 17.4. The van der Waals surface area contributed by atoms with Gasteiger partial charge in [-0.25, -0.2) is 4.79 Å². The normalized spacial score (nSPS) is 28.1. The maximum Gasteiger partial charge on any atom is 0.334 e. The summed E-state index contributed by atoms with van der Waals surface area (Å²) in [5.74, 6) is -0.248. The first-order valence-corrected chi connectivity index (χ1v) is 11.0. The van der Waals surface area contributed by atoms with Crippen LogP contribution >= 0.6 is 0 Å². The fraction of sp³-hybridized carbons (Fsp3) is 0.864. The van der Waals surface area contributed by atoms with E-state index in [0.29, 0.717) is 31.3 Å². The summed E-state index contributed by atoms with van der Waals surface area (Å²) in [6.45, 7) is 3.97. The number of carbonyl (C=O) groups excluding carboxylic acids is 1. The van der Waals surface area contributed by atoms with Gasteiger partial charge in [0.1, 0.15) is 6.10 Å². The Hall–Kier alpha value is -0.950. The molecule has 162 valence electrons. The number of cyclic esters (lactones) is 1. The molecule has 2 heterocycles. The van der Waals surface area contributed by atoms with Crippen LogP contribution in [-0.4, -0.2) is 57.9 Å². The van der Waals surface area contributed by atoms with Crippen LogP contribution in [0.5, 0.6) is 0 Å². The number of unbranched alkanes of at least 4 members (excludes halogenated alkanes) is 2. The van der Waals surface area contributed by atoms with Crippen molar-refractivity contribution in [3.8, 4) is 0 Å². The van der Waals surface area contributed by atoms with E-state index in [-0.39, 0.29) is 24.3 Å². The number of rotatable bonds is 13. The topological polar surface area (TPSA) is 96.2 Å². The predicted molar refractivity (Wildman–Crippen MR) is 107 cm³/mol. The van der Waals surface area contributed by atoms with E-state index in [1.54, 1.807) is 0 Å². The van der Waals surface area contributed by atoms with Crippen molar-refractivity contribution in [1.82, 2.24) is 0 Å². The summed E-state index contributed by atoms with van der Waals surface area (Å²) in [6.07, 6.45) is 8.14. The molecule has 3 N–H and O–H groups in total. The highest BCUT2D eigenvalue weighted by molar-refractivity contribution is 5.90. The molecule has 1 fully saturated rings. The lowest BCUT2D eigenvalue weighted by atomic mass is 9.99. The van der Waals surface area contributed by atoms with Crippen LogP contribution in [-0.2, 0) is 14.3 Å². The maximum absolute atomic E-state index is 11.6. The summed E-state index contributed by atoms with van der Waals surface area (Å²) in [5.41, 5.74) is 0.697. The molecule has 0 saturated carbocycles. The minimum absolute atomic E-state index is 0.150. The first-order valence-electron chi connectivity index (χ1n) is 11.0. The molecule has 0 amide bonds. The Morgan fingerprint density at radius 1 is 1.00 bits per heavy atom. The summed E-state index contributed by atoms with van der Waals surface area (Å²) in [4.78, 5) is 11.6. The van der Waals surface area contributed by atoms with Gasteiger partial charge in [0.2, 0.25) is 0 Å². The first kappa shape index (κ1) is 23.3. The zero-order valence-corrected chi connectivity index (χ0v) is 17.4. The van der Waals surface area contributed by atoms with Crippen LogP contribution in [0.4, 0.5) is 0 Å². The monoisotopic (exact) mass is 398 g/mol. The highest BCUT2D eigenvalue weighted by Crippen LogP contribution is 2.28. The molecule has 0 unspecified atom stereocenters. The van der Waals surface area contributed by atoms with Crippen LogP contribution in [0.2, 0.25) is 0 Å². The number of aliphatic hydroxyl groups is 3. The predicted octanol–water partition coefficient (Wildman–Crippen LogP) is 3.02. The third-order valence-corrected chi connectivity index (χ3v) is 5.82. The van der Waals surface area contributed by atoms with Crippen LogP contribution < -0.4 is 0 Å². The van der Waals surface area contributed by atoms with Crippen LogP contribution in [0.25, 0.3) is 0 Å². The van der Waals surface area contributed by atoms with Crippen LogP contribution in [0, 0.1) is 0 Å². The molecular weight excluding hydrogens is 360 g/mol.